The summed E-state index contributed by atoms with van der Waals surface area (Å²) in [5, 5.41) is 13.9. The Morgan fingerprint density at radius 1 is 1.35 bits per heavy atom. The molecule has 1 aromatic carbocycles. The fraction of sp³-hybridized carbons (Fsp3) is 0.300. The van der Waals surface area contributed by atoms with Crippen LogP contribution in [0.3, 0.4) is 0 Å². The van der Waals surface area contributed by atoms with Crippen LogP contribution in [0.25, 0.3) is 10.9 Å². The first kappa shape index (κ1) is 18.3. The normalized spacial score (nSPS) is 23.8. The molecule has 26 heavy (non-hydrogen) atoms. The summed E-state index contributed by atoms with van der Waals surface area (Å²) < 4.78 is 0. The average molecular weight is 369 g/mol. The van der Waals surface area contributed by atoms with Crippen molar-refractivity contribution in [3.63, 3.8) is 0 Å². The number of hydrogen-bond acceptors (Lipinski definition) is 4. The molecule has 2 heterocycles. The van der Waals surface area contributed by atoms with Crippen molar-refractivity contribution in [1.29, 1.82) is 0 Å². The number of carboxylic acid groups (broad SMARTS) is 1. The molecule has 0 saturated heterocycles. The minimum absolute atomic E-state index is 0.0161. The van der Waals surface area contributed by atoms with Crippen molar-refractivity contribution in [3.05, 3.63) is 60.1 Å². The van der Waals surface area contributed by atoms with E-state index in [1.54, 1.807) is 6.20 Å². The quantitative estimate of drug-likeness (QED) is 0.743. The fourth-order valence-corrected chi connectivity index (χ4v) is 3.85. The largest absolute Gasteiger partial charge is 0.481 e. The number of aromatic amines is 1. The second kappa shape index (κ2) is 8.27. The van der Waals surface area contributed by atoms with Gasteiger partial charge in [-0.3, -0.25) is 4.79 Å². The minimum atomic E-state index is -0.853. The van der Waals surface area contributed by atoms with Crippen LogP contribution in [0.4, 0.5) is 0 Å². The number of allylic oxidation sites excluding steroid dienone is 3. The van der Waals surface area contributed by atoms with E-state index in [-0.39, 0.29) is 11.7 Å². The molecule has 2 aromatic rings. The van der Waals surface area contributed by atoms with Gasteiger partial charge in [0.1, 0.15) is 0 Å². The van der Waals surface area contributed by atoms with Gasteiger partial charge in [0.2, 0.25) is 0 Å². The Bertz CT molecular complexity index is 882. The van der Waals surface area contributed by atoms with Crippen LogP contribution in [0.5, 0.6) is 0 Å². The molecule has 3 rings (SSSR count). The first-order valence-electron chi connectivity index (χ1n) is 8.68. The molecule has 0 bridgehead atoms. The number of benzene rings is 1. The molecule has 1 aliphatic heterocycles. The summed E-state index contributed by atoms with van der Waals surface area (Å²) >= 11 is 1.19. The van der Waals surface area contributed by atoms with E-state index in [0.29, 0.717) is 11.1 Å². The maximum absolute atomic E-state index is 10.8. The Morgan fingerprint density at radius 3 is 2.96 bits per heavy atom. The molecule has 2 atom stereocenters. The second-order valence-electron chi connectivity index (χ2n) is 6.36. The molecule has 0 aliphatic carbocycles. The number of rotatable bonds is 4. The molecule has 0 amide bonds. The summed E-state index contributed by atoms with van der Waals surface area (Å²) in [6.07, 6.45) is 9.07. The maximum atomic E-state index is 10.8. The summed E-state index contributed by atoms with van der Waals surface area (Å²) in [5.74, 6) is -0.329. The Morgan fingerprint density at radius 2 is 2.19 bits per heavy atom. The molecule has 2 unspecified atom stereocenters. The lowest BCUT2D eigenvalue weighted by Gasteiger charge is -2.22. The lowest BCUT2D eigenvalue weighted by molar-refractivity contribution is -0.133. The summed E-state index contributed by atoms with van der Waals surface area (Å²) in [6.45, 7) is 4.18. The number of fused-ring (bicyclic) bond motifs is 1. The molecule has 0 fully saturated rings. The highest BCUT2D eigenvalue weighted by atomic mass is 32.2. The van der Waals surface area contributed by atoms with Crippen LogP contribution in [0.1, 0.15) is 31.7 Å². The van der Waals surface area contributed by atoms with Gasteiger partial charge in [0.15, 0.2) is 5.17 Å². The van der Waals surface area contributed by atoms with Crippen molar-refractivity contribution in [2.75, 3.05) is 5.75 Å². The second-order valence-corrected chi connectivity index (χ2v) is 7.32. The third kappa shape index (κ3) is 4.38. The molecule has 136 valence electrons. The van der Waals surface area contributed by atoms with E-state index in [1.165, 1.54) is 22.7 Å². The van der Waals surface area contributed by atoms with Gasteiger partial charge in [0.25, 0.3) is 0 Å². The highest BCUT2D eigenvalue weighted by Gasteiger charge is 2.20. The van der Waals surface area contributed by atoms with Gasteiger partial charge in [-0.1, -0.05) is 36.9 Å². The molecule has 1 aromatic heterocycles. The molecular weight excluding hydrogens is 346 g/mol. The number of hydrogen-bond donors (Lipinski definition) is 3. The number of aliphatic imine (C=N–C) groups is 1. The number of thioether (sulfide) groups is 1. The van der Waals surface area contributed by atoms with Crippen molar-refractivity contribution in [2.24, 2.45) is 10.9 Å². The highest BCUT2D eigenvalue weighted by molar-refractivity contribution is 8.14. The Kier molecular flexibility index (Phi) is 5.83. The molecule has 6 heteroatoms. The number of aromatic nitrogens is 1. The monoisotopic (exact) mass is 369 g/mol. The van der Waals surface area contributed by atoms with Crippen molar-refractivity contribution in [2.45, 2.75) is 26.2 Å². The van der Waals surface area contributed by atoms with Crippen molar-refractivity contribution >= 4 is 33.8 Å². The van der Waals surface area contributed by atoms with E-state index in [9.17, 15) is 4.79 Å². The minimum Gasteiger partial charge on any atom is -0.481 e. The van der Waals surface area contributed by atoms with Gasteiger partial charge in [0.05, 0.1) is 5.75 Å². The van der Waals surface area contributed by atoms with E-state index < -0.39 is 5.97 Å². The summed E-state index contributed by atoms with van der Waals surface area (Å²) in [6, 6.07) is 8.58. The maximum Gasteiger partial charge on any atom is 0.313 e. The predicted octanol–water partition coefficient (Wildman–Crippen LogP) is 4.47. The standard InChI is InChI=1S/C20H23N3O2S/c1-3-14-10-13(2)23-20(26-12-19(24)25)22-9-7-17(14)15-4-5-18-16(11-15)6-8-21-18/h4-11,14,17,21H,3,12H2,1-2H3,(H,22,23)(H,24,25)/b9-7+,13-10+. The molecule has 0 spiro atoms. The number of nitrogens with one attached hydrogen (secondary N) is 2. The molecule has 0 saturated carbocycles. The van der Waals surface area contributed by atoms with Crippen LogP contribution in [0, 0.1) is 5.92 Å². The van der Waals surface area contributed by atoms with Crippen LogP contribution < -0.4 is 5.32 Å². The number of carboxylic acids is 1. The molecule has 1 aliphatic rings. The zero-order valence-corrected chi connectivity index (χ0v) is 15.7. The SMILES string of the molecule is CCC1/C=C(\C)NC(SCC(=O)O)=N/C=C/C1c1ccc2[nH]ccc2c1. The summed E-state index contributed by atoms with van der Waals surface area (Å²) in [5.41, 5.74) is 3.37. The van der Waals surface area contributed by atoms with E-state index in [0.717, 1.165) is 17.6 Å². The van der Waals surface area contributed by atoms with Crippen molar-refractivity contribution in [1.82, 2.24) is 10.3 Å². The molecule has 0 radical (unpaired) electrons. The van der Waals surface area contributed by atoms with Gasteiger partial charge in [0, 0.05) is 29.5 Å². The zero-order valence-electron chi connectivity index (χ0n) is 14.9. The average Bonchev–Trinajstić information content (AvgIpc) is 3.10. The Balaban J connectivity index is 1.94. The molecular formula is C20H23N3O2S. The van der Waals surface area contributed by atoms with Crippen molar-refractivity contribution in [3.8, 4) is 0 Å². The lowest BCUT2D eigenvalue weighted by Crippen LogP contribution is -2.20. The summed E-state index contributed by atoms with van der Waals surface area (Å²) in [4.78, 5) is 18.5. The first-order chi connectivity index (χ1) is 12.6. The predicted molar refractivity (Wildman–Crippen MR) is 108 cm³/mol. The first-order valence-corrected chi connectivity index (χ1v) is 9.67. The number of aliphatic carboxylic acids is 1. The number of H-pyrrole nitrogens is 1. The molecule has 5 nitrogen and oxygen atoms in total. The van der Waals surface area contributed by atoms with E-state index in [1.807, 2.05) is 13.1 Å². The third-order valence-corrected chi connectivity index (χ3v) is 5.35. The van der Waals surface area contributed by atoms with Gasteiger partial charge >= 0.3 is 5.97 Å². The van der Waals surface area contributed by atoms with Crippen molar-refractivity contribution < 1.29 is 9.90 Å². The smallest absolute Gasteiger partial charge is 0.313 e. The topological polar surface area (TPSA) is 77.5 Å². The third-order valence-electron chi connectivity index (χ3n) is 4.48. The van der Waals surface area contributed by atoms with Crippen LogP contribution in [0.2, 0.25) is 0 Å². The fourth-order valence-electron chi connectivity index (χ4n) is 3.23. The van der Waals surface area contributed by atoms with Gasteiger partial charge in [-0.2, -0.15) is 0 Å². The van der Waals surface area contributed by atoms with E-state index in [4.69, 9.17) is 5.11 Å². The van der Waals surface area contributed by atoms with Crippen LogP contribution in [-0.2, 0) is 4.79 Å². The van der Waals surface area contributed by atoms with E-state index >= 15 is 0 Å². The number of carbonyl (C=O) groups is 1. The Hall–Kier alpha value is -2.47. The zero-order chi connectivity index (χ0) is 18.5. The number of nitrogens with zero attached hydrogens (tertiary/aromatic N) is 1. The van der Waals surface area contributed by atoms with Gasteiger partial charge in [-0.05, 0) is 48.4 Å². The molecule has 3 N–H and O–H groups in total. The van der Waals surface area contributed by atoms with Crippen LogP contribution in [0.15, 0.2) is 59.5 Å². The van der Waals surface area contributed by atoms with Gasteiger partial charge in [-0.15, -0.1) is 0 Å². The van der Waals surface area contributed by atoms with Crippen LogP contribution in [-0.4, -0.2) is 27.0 Å². The summed E-state index contributed by atoms with van der Waals surface area (Å²) in [7, 11) is 0. The van der Waals surface area contributed by atoms with Gasteiger partial charge in [-0.25, -0.2) is 4.99 Å². The van der Waals surface area contributed by atoms with E-state index in [2.05, 4.69) is 58.6 Å². The number of amidine groups is 1. The van der Waals surface area contributed by atoms with Gasteiger partial charge < -0.3 is 15.4 Å². The highest BCUT2D eigenvalue weighted by Crippen LogP contribution is 2.32. The Labute approximate surface area is 157 Å². The van der Waals surface area contributed by atoms with Crippen LogP contribution >= 0.6 is 11.8 Å². The lowest BCUT2D eigenvalue weighted by atomic mass is 9.83.